The number of benzene rings is 2. The zero-order chi connectivity index (χ0) is 35.0. The first kappa shape index (κ1) is 47.3. The molecule has 0 bridgehead atoms. The molecule has 0 heterocycles. The zero-order valence-corrected chi connectivity index (χ0v) is 35.5. The van der Waals surface area contributed by atoms with E-state index >= 15 is 0 Å². The topological polar surface area (TPSA) is 46.1 Å². The third-order valence-electron chi connectivity index (χ3n) is 10.8. The molecule has 0 N–H and O–H groups in total. The second-order valence-electron chi connectivity index (χ2n) is 15.5. The maximum Gasteiger partial charge on any atom is 2.00 e. The second kappa shape index (κ2) is 34.1. The van der Waals surface area contributed by atoms with Crippen LogP contribution in [0.1, 0.15) is 229 Å². The van der Waals surface area contributed by atoms with Crippen molar-refractivity contribution in [2.24, 2.45) is 0 Å². The third-order valence-corrected chi connectivity index (χ3v) is 10.8. The van der Waals surface area contributed by atoms with Crippen LogP contribution in [0.25, 0.3) is 0 Å². The van der Waals surface area contributed by atoms with E-state index in [9.17, 15) is 10.2 Å². The molecule has 2 rings (SSSR count). The van der Waals surface area contributed by atoms with Crippen molar-refractivity contribution in [1.82, 2.24) is 0 Å². The minimum atomic E-state index is 0. The van der Waals surface area contributed by atoms with E-state index in [1.165, 1.54) is 204 Å². The molecule has 0 fully saturated rings. The van der Waals surface area contributed by atoms with E-state index in [0.717, 1.165) is 24.0 Å². The van der Waals surface area contributed by atoms with Gasteiger partial charge in [0.1, 0.15) is 0 Å². The van der Waals surface area contributed by atoms with Gasteiger partial charge in [-0.25, -0.2) is 0 Å². The number of unbranched alkanes of at least 4 members (excludes halogenated alkanes) is 28. The summed E-state index contributed by atoms with van der Waals surface area (Å²) in [4.78, 5) is 0. The van der Waals surface area contributed by atoms with Gasteiger partial charge in [-0.1, -0.05) is 241 Å². The molecule has 0 amide bonds. The van der Waals surface area contributed by atoms with E-state index in [4.69, 9.17) is 0 Å². The van der Waals surface area contributed by atoms with Crippen LogP contribution >= 0.6 is 0 Å². The van der Waals surface area contributed by atoms with Crippen molar-refractivity contribution in [3.63, 3.8) is 0 Å². The fraction of sp³-hybridized carbons (Fsp3) is 0.745. The summed E-state index contributed by atoms with van der Waals surface area (Å²) in [7, 11) is 0. The van der Waals surface area contributed by atoms with Crippen molar-refractivity contribution in [2.75, 3.05) is 0 Å². The van der Waals surface area contributed by atoms with Crippen LogP contribution in [0.15, 0.2) is 36.4 Å². The van der Waals surface area contributed by atoms with Crippen LogP contribution in [-0.4, -0.2) is 37.7 Å². The van der Waals surface area contributed by atoms with Gasteiger partial charge in [0.05, 0.1) is 0 Å². The van der Waals surface area contributed by atoms with Crippen molar-refractivity contribution in [1.29, 1.82) is 0 Å². The normalized spacial score (nSPS) is 11.2. The van der Waals surface area contributed by atoms with Crippen LogP contribution in [0.4, 0.5) is 0 Å². The molecule has 50 heavy (non-hydrogen) atoms. The zero-order valence-electron chi connectivity index (χ0n) is 33.3. The molecule has 0 aliphatic carbocycles. The van der Waals surface area contributed by atoms with E-state index in [-0.39, 0.29) is 49.2 Å². The van der Waals surface area contributed by atoms with Gasteiger partial charge < -0.3 is 10.2 Å². The standard InChI is InChI=1S/C47H80O2.Ca/c1-3-5-7-9-11-13-15-17-19-21-23-25-27-29-31-33-42-35-37-46(48)44(39-42)41-45-40-43(36-38-47(45)49)34-32-30-28-26-24-22-20-18-16-14-12-10-8-6-4-2;/h35-40,48-49H,3-34,41H2,1-2H3;/q;+2/p-2. The number of rotatable bonds is 34. The molecule has 0 aromatic heterocycles. The molecule has 2 aromatic carbocycles. The minimum Gasteiger partial charge on any atom is -0.872 e. The van der Waals surface area contributed by atoms with E-state index in [1.807, 2.05) is 12.1 Å². The Labute approximate surface area is 341 Å². The van der Waals surface area contributed by atoms with E-state index in [0.29, 0.717) is 6.42 Å². The SMILES string of the molecule is CCCCCCCCCCCCCCCCCc1ccc([O-])c(Cc2cc(CCCCCCCCCCCCCCCCC)ccc2[O-])c1.[Ca+2]. The average molecular weight is 715 g/mol. The number of hydrogen-bond acceptors (Lipinski definition) is 2. The van der Waals surface area contributed by atoms with Crippen LogP contribution in [0, 0.1) is 0 Å². The maximum atomic E-state index is 12.7. The Morgan fingerprint density at radius 3 is 0.840 bits per heavy atom. The smallest absolute Gasteiger partial charge is 0.872 e. The average Bonchev–Trinajstić information content (AvgIpc) is 3.10. The molecule has 0 unspecified atom stereocenters. The molecular formula is C47H78CaO2. The molecule has 0 saturated heterocycles. The van der Waals surface area contributed by atoms with Gasteiger partial charge in [0.25, 0.3) is 0 Å². The van der Waals surface area contributed by atoms with Gasteiger partial charge in [-0.05, 0) is 43.2 Å². The second-order valence-corrected chi connectivity index (χ2v) is 15.5. The Morgan fingerprint density at radius 2 is 0.580 bits per heavy atom. The summed E-state index contributed by atoms with van der Waals surface area (Å²) in [5.41, 5.74) is 4.04. The summed E-state index contributed by atoms with van der Waals surface area (Å²) >= 11 is 0. The summed E-state index contributed by atoms with van der Waals surface area (Å²) in [6.45, 7) is 4.58. The Kier molecular flexibility index (Phi) is 32.3. The Bertz CT molecular complexity index is 952. The Morgan fingerprint density at radius 1 is 0.340 bits per heavy atom. The molecule has 0 atom stereocenters. The van der Waals surface area contributed by atoms with Crippen LogP contribution in [0.5, 0.6) is 11.5 Å². The quantitative estimate of drug-likeness (QED) is 0.0535. The van der Waals surface area contributed by atoms with E-state index in [1.54, 1.807) is 12.1 Å². The first-order valence-electron chi connectivity index (χ1n) is 21.7. The Hall–Kier alpha value is -0.700. The van der Waals surface area contributed by atoms with Gasteiger partial charge in [-0.15, -0.1) is 11.5 Å². The monoisotopic (exact) mass is 715 g/mol. The van der Waals surface area contributed by atoms with Crippen molar-refractivity contribution in [3.8, 4) is 11.5 Å². The molecule has 0 radical (unpaired) electrons. The molecule has 280 valence electrons. The molecule has 0 saturated carbocycles. The van der Waals surface area contributed by atoms with Gasteiger partial charge in [0.15, 0.2) is 0 Å². The van der Waals surface area contributed by atoms with Gasteiger partial charge in [0, 0.05) is 0 Å². The summed E-state index contributed by atoms with van der Waals surface area (Å²) in [5.74, 6) is 0.125. The van der Waals surface area contributed by atoms with Crippen LogP contribution in [-0.2, 0) is 19.3 Å². The minimum absolute atomic E-state index is 0. The predicted molar refractivity (Wildman–Crippen MR) is 218 cm³/mol. The van der Waals surface area contributed by atoms with Crippen molar-refractivity contribution >= 4 is 37.7 Å². The van der Waals surface area contributed by atoms with Crippen LogP contribution in [0.3, 0.4) is 0 Å². The first-order chi connectivity index (χ1) is 24.1. The summed E-state index contributed by atoms with van der Waals surface area (Å²) in [5, 5.41) is 25.4. The molecule has 0 aliphatic heterocycles. The number of hydrogen-bond donors (Lipinski definition) is 0. The van der Waals surface area contributed by atoms with Gasteiger partial charge in [0.2, 0.25) is 0 Å². The fourth-order valence-electron chi connectivity index (χ4n) is 7.46. The van der Waals surface area contributed by atoms with Gasteiger partial charge in [-0.2, -0.15) is 0 Å². The van der Waals surface area contributed by atoms with Crippen molar-refractivity contribution in [2.45, 2.75) is 226 Å². The third kappa shape index (κ3) is 25.3. The van der Waals surface area contributed by atoms with E-state index < -0.39 is 0 Å². The van der Waals surface area contributed by atoms with Crippen molar-refractivity contribution < 1.29 is 10.2 Å². The van der Waals surface area contributed by atoms with Gasteiger partial charge in [-0.3, -0.25) is 0 Å². The summed E-state index contributed by atoms with van der Waals surface area (Å²) in [6.07, 6.45) is 43.7. The molecule has 2 nitrogen and oxygen atoms in total. The van der Waals surface area contributed by atoms with E-state index in [2.05, 4.69) is 26.0 Å². The maximum absolute atomic E-state index is 12.7. The molecule has 0 aliphatic rings. The summed E-state index contributed by atoms with van der Waals surface area (Å²) in [6, 6.07) is 11.6. The predicted octanol–water partition coefficient (Wildman–Crippen LogP) is 13.9. The Balaban J connectivity index is 0.0000125. The van der Waals surface area contributed by atoms with Gasteiger partial charge >= 0.3 is 37.7 Å². The molecule has 0 spiro atoms. The first-order valence-corrected chi connectivity index (χ1v) is 21.7. The summed E-state index contributed by atoms with van der Waals surface area (Å²) < 4.78 is 0. The molecule has 3 heteroatoms. The van der Waals surface area contributed by atoms with Crippen LogP contribution in [0.2, 0.25) is 0 Å². The van der Waals surface area contributed by atoms with Crippen LogP contribution < -0.4 is 10.2 Å². The molecule has 2 aromatic rings. The fourth-order valence-corrected chi connectivity index (χ4v) is 7.46. The largest absolute Gasteiger partial charge is 2.00 e. The number of aryl methyl sites for hydroxylation is 2. The van der Waals surface area contributed by atoms with Crippen molar-refractivity contribution in [3.05, 3.63) is 58.7 Å². The molecular weight excluding hydrogens is 637 g/mol.